The Morgan fingerprint density at radius 2 is 0.676 bits per heavy atom. The zero-order valence-electron chi connectivity index (χ0n) is 34.6. The molecule has 7 aromatic carbocycles. The van der Waals surface area contributed by atoms with Crippen molar-refractivity contribution < 1.29 is 92.4 Å². The highest BCUT2D eigenvalue weighted by Gasteiger charge is 2.52. The molecule has 0 aliphatic carbocycles. The molecule has 0 aliphatic heterocycles. The molecule has 0 unspecified atom stereocenters. The molecular formula is C48H19BF20N2. The second-order valence-corrected chi connectivity index (χ2v) is 15.2. The second kappa shape index (κ2) is 19.5. The van der Waals surface area contributed by atoms with E-state index < -0.39 is 144 Å². The summed E-state index contributed by atoms with van der Waals surface area (Å²) in [6.45, 7) is 0.845. The zero-order chi connectivity index (χ0) is 52.1. The van der Waals surface area contributed by atoms with E-state index >= 15 is 35.1 Å². The fourth-order valence-corrected chi connectivity index (χ4v) is 8.21. The van der Waals surface area contributed by atoms with Gasteiger partial charge in [0.25, 0.3) is 0 Å². The van der Waals surface area contributed by atoms with E-state index in [-0.39, 0.29) is 0 Å². The molecule has 71 heavy (non-hydrogen) atoms. The Hall–Kier alpha value is -7.90. The van der Waals surface area contributed by atoms with Crippen molar-refractivity contribution in [2.75, 3.05) is 0 Å². The molecule has 0 atom stereocenters. The molecule has 0 radical (unpaired) electrons. The zero-order valence-corrected chi connectivity index (χ0v) is 34.6. The van der Waals surface area contributed by atoms with Crippen molar-refractivity contribution in [3.8, 4) is 6.07 Å². The van der Waals surface area contributed by atoms with Gasteiger partial charge in [0.1, 0.15) is 52.7 Å². The average Bonchev–Trinajstić information content (AvgIpc) is 3.37. The highest BCUT2D eigenvalue weighted by molar-refractivity contribution is 7.20. The van der Waals surface area contributed by atoms with Crippen molar-refractivity contribution in [2.24, 2.45) is 0 Å². The normalized spacial score (nSPS) is 11.5. The first-order chi connectivity index (χ1) is 33.5. The number of nitrogens with zero attached hydrogens (tertiary/aromatic N) is 2. The van der Waals surface area contributed by atoms with Crippen LogP contribution in [0.2, 0.25) is 0 Å². The van der Waals surface area contributed by atoms with Gasteiger partial charge in [-0.1, -0.05) is 60.7 Å². The quantitative estimate of drug-likeness (QED) is 0.0490. The first kappa shape index (κ1) is 51.0. The number of fused-ring (bicyclic) bond motifs is 1. The predicted molar refractivity (Wildman–Crippen MR) is 213 cm³/mol. The van der Waals surface area contributed by atoms with Gasteiger partial charge < -0.3 is 0 Å². The third kappa shape index (κ3) is 8.33. The fourth-order valence-electron chi connectivity index (χ4n) is 8.21. The molecule has 0 saturated heterocycles. The maximum absolute atomic E-state index is 15.4. The van der Waals surface area contributed by atoms with Crippen LogP contribution in [0.15, 0.2) is 91.1 Å². The number of hydrogen-bond acceptors (Lipinski definition) is 1. The molecule has 0 fully saturated rings. The molecule has 8 aromatic rings. The predicted octanol–water partition coefficient (Wildman–Crippen LogP) is 10.5. The molecule has 0 spiro atoms. The van der Waals surface area contributed by atoms with Crippen LogP contribution in [0.4, 0.5) is 87.8 Å². The molecule has 0 N–H and O–H groups in total. The van der Waals surface area contributed by atoms with Crippen LogP contribution in [0, 0.1) is 128 Å². The van der Waals surface area contributed by atoms with Crippen LogP contribution in [0.5, 0.6) is 0 Å². The van der Waals surface area contributed by atoms with Crippen LogP contribution in [0.1, 0.15) is 22.4 Å². The van der Waals surface area contributed by atoms with E-state index in [1.165, 1.54) is 27.6 Å². The Bertz CT molecular complexity index is 3110. The van der Waals surface area contributed by atoms with Gasteiger partial charge in [-0.3, -0.25) is 0 Å². The summed E-state index contributed by atoms with van der Waals surface area (Å²) in [7, 11) is 0. The average molecular weight is 1010 g/mol. The summed E-state index contributed by atoms with van der Waals surface area (Å²) in [6, 6.07) is 31.3. The van der Waals surface area contributed by atoms with Crippen molar-refractivity contribution in [3.05, 3.63) is 230 Å². The van der Waals surface area contributed by atoms with Crippen LogP contribution < -0.4 is 26.4 Å². The number of halogens is 20. The molecular weight excluding hydrogens is 995 g/mol. The standard InChI is InChI=1S/C24BF20.C24H19N2/c26-5-1(6(27)14(35)21(42)13(5)34)25(2-7(28)15(36)22(43)16(37)8(2)29,3-9(30)17(38)23(44)18(39)10(3)31)4-11(32)19(40)24(45)20(41)12(4)33;25-17-20-12-10-19(11-13-20)16-24-23-9-5-4-8-22(23)14-15-26(24)18-21-6-2-1-3-7-21/h;1-15H,16,18H2/q-1;+1. The second-order valence-electron chi connectivity index (χ2n) is 15.2. The minimum atomic E-state index is -7.22. The van der Waals surface area contributed by atoms with Crippen LogP contribution in [0.25, 0.3) is 10.8 Å². The topological polar surface area (TPSA) is 27.7 Å². The Kier molecular flexibility index (Phi) is 14.0. The van der Waals surface area contributed by atoms with Gasteiger partial charge in [-0.05, 0) is 29.1 Å². The van der Waals surface area contributed by atoms with Crippen molar-refractivity contribution in [2.45, 2.75) is 13.0 Å². The molecule has 0 aliphatic rings. The Labute approximate surface area is 384 Å². The summed E-state index contributed by atoms with van der Waals surface area (Å²) in [6.07, 6.45) is -4.21. The van der Waals surface area contributed by atoms with Crippen molar-refractivity contribution >= 4 is 38.8 Å². The largest absolute Gasteiger partial charge is 0.207 e. The van der Waals surface area contributed by atoms with Gasteiger partial charge in [0.05, 0.1) is 18.1 Å². The van der Waals surface area contributed by atoms with Gasteiger partial charge in [-0.2, -0.15) is 9.83 Å². The summed E-state index contributed by atoms with van der Waals surface area (Å²) in [5, 5.41) is 11.5. The number of aromatic nitrogens is 1. The molecule has 23 heteroatoms. The van der Waals surface area contributed by atoms with Crippen LogP contribution >= 0.6 is 0 Å². The lowest BCUT2D eigenvalue weighted by atomic mass is 9.12. The molecule has 1 heterocycles. The Morgan fingerprint density at radius 1 is 0.352 bits per heavy atom. The van der Waals surface area contributed by atoms with Crippen molar-refractivity contribution in [1.29, 1.82) is 5.26 Å². The highest BCUT2D eigenvalue weighted by Crippen LogP contribution is 2.31. The van der Waals surface area contributed by atoms with E-state index in [2.05, 4.69) is 71.4 Å². The molecule has 2 nitrogen and oxygen atoms in total. The maximum atomic E-state index is 15.4. The van der Waals surface area contributed by atoms with E-state index in [1.54, 1.807) is 0 Å². The van der Waals surface area contributed by atoms with Crippen molar-refractivity contribution in [1.82, 2.24) is 0 Å². The highest BCUT2D eigenvalue weighted by atomic mass is 19.2. The molecule has 0 amide bonds. The summed E-state index contributed by atoms with van der Waals surface area (Å²) < 4.78 is 296. The van der Waals surface area contributed by atoms with Gasteiger partial charge in [-0.15, -0.1) is 21.9 Å². The number of pyridine rings is 1. The van der Waals surface area contributed by atoms with Gasteiger partial charge in [0.2, 0.25) is 0 Å². The summed E-state index contributed by atoms with van der Waals surface area (Å²) >= 11 is 0. The maximum Gasteiger partial charge on any atom is 0.200 e. The van der Waals surface area contributed by atoms with Crippen LogP contribution in [-0.4, -0.2) is 6.15 Å². The Balaban J connectivity index is 0.000000240. The third-order valence-electron chi connectivity index (χ3n) is 11.4. The fraction of sp³-hybridized carbons (Fsp3) is 0.0417. The van der Waals surface area contributed by atoms with E-state index in [0.29, 0.717) is 5.56 Å². The lowest BCUT2D eigenvalue weighted by molar-refractivity contribution is -0.693. The van der Waals surface area contributed by atoms with E-state index in [9.17, 15) is 52.7 Å². The number of nitriles is 1. The summed E-state index contributed by atoms with van der Waals surface area (Å²) in [5.41, 5.74) is -9.85. The first-order valence-electron chi connectivity index (χ1n) is 19.7. The number of rotatable bonds is 8. The summed E-state index contributed by atoms with van der Waals surface area (Å²) in [4.78, 5) is 0. The van der Waals surface area contributed by atoms with Crippen LogP contribution in [0.3, 0.4) is 0 Å². The number of benzene rings is 7. The first-order valence-corrected chi connectivity index (χ1v) is 19.7. The monoisotopic (exact) mass is 1010 g/mol. The van der Waals surface area contributed by atoms with E-state index in [1.807, 2.05) is 30.3 Å². The number of hydrogen-bond donors (Lipinski definition) is 0. The SMILES string of the molecule is Fc1c(F)c(F)c([B-](c2c(F)c(F)c(F)c(F)c2F)(c2c(F)c(F)c(F)c(F)c2F)c2c(F)c(F)c(F)c(F)c2F)c(F)c1F.N#Cc1ccc(Cc2c3ccccc3cc[n+]2Cc2ccccc2)cc1. The van der Waals surface area contributed by atoms with Gasteiger partial charge in [0.15, 0.2) is 88.2 Å². The van der Waals surface area contributed by atoms with E-state index in [4.69, 9.17) is 5.26 Å². The van der Waals surface area contributed by atoms with Gasteiger partial charge >= 0.3 is 0 Å². The summed E-state index contributed by atoms with van der Waals surface area (Å²) in [5.74, 6) is -71.4. The molecule has 1 aromatic heterocycles. The third-order valence-corrected chi connectivity index (χ3v) is 11.4. The minimum Gasteiger partial charge on any atom is -0.207 e. The molecule has 0 bridgehead atoms. The molecule has 0 saturated carbocycles. The smallest absolute Gasteiger partial charge is 0.200 e. The Morgan fingerprint density at radius 3 is 1.03 bits per heavy atom. The molecule has 8 rings (SSSR count). The van der Waals surface area contributed by atoms with Gasteiger partial charge in [-0.25, -0.2) is 87.8 Å². The lowest BCUT2D eigenvalue weighted by Crippen LogP contribution is -2.81. The van der Waals surface area contributed by atoms with Crippen LogP contribution in [-0.2, 0) is 13.0 Å². The van der Waals surface area contributed by atoms with Gasteiger partial charge in [0, 0.05) is 17.0 Å². The van der Waals surface area contributed by atoms with Crippen molar-refractivity contribution in [3.63, 3.8) is 0 Å². The van der Waals surface area contributed by atoms with E-state index in [0.717, 1.165) is 13.0 Å². The lowest BCUT2D eigenvalue weighted by Gasteiger charge is -2.44. The molecule has 364 valence electrons. The minimum absolute atomic E-state index is 0.698.